The maximum atomic E-state index is 11.2. The largest absolute Gasteiger partial charge is 0.441 e. The summed E-state index contributed by atoms with van der Waals surface area (Å²) in [6, 6.07) is 10.6. The van der Waals surface area contributed by atoms with Gasteiger partial charge in [0, 0.05) is 32.5 Å². The summed E-state index contributed by atoms with van der Waals surface area (Å²) >= 11 is 0. The molecule has 0 radical (unpaired) electrons. The summed E-state index contributed by atoms with van der Waals surface area (Å²) in [5, 5.41) is 2.77. The number of ether oxygens (including phenoxy) is 1. The van der Waals surface area contributed by atoms with E-state index in [1.165, 1.54) is 5.56 Å². The monoisotopic (exact) mass is 296 g/mol. The van der Waals surface area contributed by atoms with E-state index >= 15 is 0 Å². The van der Waals surface area contributed by atoms with Crippen LogP contribution < -0.4 is 5.32 Å². The molecule has 0 aromatic heterocycles. The summed E-state index contributed by atoms with van der Waals surface area (Å²) in [6.45, 7) is 3.80. The maximum Gasteiger partial charge on any atom is 0.407 e. The second-order valence-electron chi connectivity index (χ2n) is 5.50. The van der Waals surface area contributed by atoms with Crippen molar-refractivity contribution in [2.75, 3.05) is 26.2 Å². The molecular weight excluding hydrogens is 276 g/mol. The van der Waals surface area contributed by atoms with E-state index in [4.69, 9.17) is 4.74 Å². The lowest BCUT2D eigenvalue weighted by atomic mass is 9.91. The first kappa shape index (κ1) is 15.1. The molecule has 0 atom stereocenters. The normalized spacial score (nSPS) is 21.1. The first-order chi connectivity index (χ1) is 9.26. The molecule has 2 aliphatic rings. The molecule has 110 valence electrons. The molecule has 2 aliphatic heterocycles. The molecule has 3 rings (SSSR count). The fraction of sp³-hybridized carbons (Fsp3) is 0.533. The molecule has 0 aliphatic carbocycles. The van der Waals surface area contributed by atoms with E-state index in [0.717, 1.165) is 38.9 Å². The van der Waals surface area contributed by atoms with E-state index in [1.807, 2.05) is 0 Å². The lowest BCUT2D eigenvalue weighted by Crippen LogP contribution is -2.47. The Morgan fingerprint density at radius 3 is 2.50 bits per heavy atom. The van der Waals surface area contributed by atoms with Crippen LogP contribution in [0.25, 0.3) is 0 Å². The highest BCUT2D eigenvalue weighted by atomic mass is 35.5. The quantitative estimate of drug-likeness (QED) is 0.930. The van der Waals surface area contributed by atoms with Gasteiger partial charge in [0.2, 0.25) is 0 Å². The number of halogens is 1. The number of rotatable bonds is 3. The van der Waals surface area contributed by atoms with Crippen LogP contribution in [-0.4, -0.2) is 42.8 Å². The summed E-state index contributed by atoms with van der Waals surface area (Å²) in [4.78, 5) is 13.6. The molecule has 1 aromatic rings. The number of nitrogens with zero attached hydrogens (tertiary/aromatic N) is 1. The molecule has 2 saturated heterocycles. The molecule has 5 heteroatoms. The first-order valence-electron chi connectivity index (χ1n) is 6.99. The molecule has 1 aromatic carbocycles. The average molecular weight is 297 g/mol. The smallest absolute Gasteiger partial charge is 0.407 e. The zero-order chi connectivity index (χ0) is 13.1. The number of hydrogen-bond acceptors (Lipinski definition) is 3. The molecule has 2 fully saturated rings. The third-order valence-corrected chi connectivity index (χ3v) is 4.19. The SMILES string of the molecule is Cl.O=C1NCC2(CCN(CCc3ccccc3)CC2)O1. The Bertz CT molecular complexity index is 444. The van der Waals surface area contributed by atoms with Crippen molar-refractivity contribution in [1.82, 2.24) is 10.2 Å². The van der Waals surface area contributed by atoms with Crippen LogP contribution in [0.4, 0.5) is 4.79 Å². The number of alkyl carbamates (subject to hydrolysis) is 1. The van der Waals surface area contributed by atoms with Gasteiger partial charge in [-0.2, -0.15) is 0 Å². The summed E-state index contributed by atoms with van der Waals surface area (Å²) in [5.74, 6) is 0. The first-order valence-corrected chi connectivity index (χ1v) is 6.99. The Balaban J connectivity index is 0.00000147. The summed E-state index contributed by atoms with van der Waals surface area (Å²) in [6.07, 6.45) is 2.73. The summed E-state index contributed by atoms with van der Waals surface area (Å²) in [7, 11) is 0. The van der Waals surface area contributed by atoms with Crippen molar-refractivity contribution >= 4 is 18.5 Å². The van der Waals surface area contributed by atoms with Gasteiger partial charge in [0.05, 0.1) is 6.54 Å². The molecule has 0 bridgehead atoms. The van der Waals surface area contributed by atoms with E-state index in [0.29, 0.717) is 6.54 Å². The van der Waals surface area contributed by atoms with Crippen LogP contribution in [0.3, 0.4) is 0 Å². The second-order valence-corrected chi connectivity index (χ2v) is 5.50. The Labute approximate surface area is 125 Å². The number of amides is 1. The third kappa shape index (κ3) is 3.44. The molecule has 1 N–H and O–H groups in total. The number of benzene rings is 1. The van der Waals surface area contributed by atoms with Gasteiger partial charge in [0.1, 0.15) is 5.60 Å². The predicted octanol–water partition coefficient (Wildman–Crippen LogP) is 2.23. The molecule has 0 unspecified atom stereocenters. The Morgan fingerprint density at radius 2 is 1.90 bits per heavy atom. The van der Waals surface area contributed by atoms with Crippen molar-refractivity contribution in [2.45, 2.75) is 24.9 Å². The van der Waals surface area contributed by atoms with Gasteiger partial charge in [-0.15, -0.1) is 12.4 Å². The Hall–Kier alpha value is -1.26. The van der Waals surface area contributed by atoms with E-state index in [9.17, 15) is 4.79 Å². The van der Waals surface area contributed by atoms with E-state index in [-0.39, 0.29) is 24.1 Å². The number of nitrogens with one attached hydrogen (secondary N) is 1. The van der Waals surface area contributed by atoms with Gasteiger partial charge in [0.15, 0.2) is 0 Å². The van der Waals surface area contributed by atoms with Crippen LogP contribution in [0, 0.1) is 0 Å². The van der Waals surface area contributed by atoms with Gasteiger partial charge in [-0.05, 0) is 12.0 Å². The van der Waals surface area contributed by atoms with Crippen LogP contribution in [0.1, 0.15) is 18.4 Å². The van der Waals surface area contributed by atoms with Gasteiger partial charge in [-0.25, -0.2) is 4.79 Å². The minimum absolute atomic E-state index is 0. The summed E-state index contributed by atoms with van der Waals surface area (Å²) < 4.78 is 5.42. The van der Waals surface area contributed by atoms with E-state index < -0.39 is 0 Å². The van der Waals surface area contributed by atoms with Crippen LogP contribution in [0.2, 0.25) is 0 Å². The van der Waals surface area contributed by atoms with Crippen LogP contribution >= 0.6 is 12.4 Å². The van der Waals surface area contributed by atoms with Crippen molar-refractivity contribution in [2.24, 2.45) is 0 Å². The highest BCUT2D eigenvalue weighted by Crippen LogP contribution is 2.29. The third-order valence-electron chi connectivity index (χ3n) is 4.19. The zero-order valence-corrected chi connectivity index (χ0v) is 12.3. The fourth-order valence-electron chi connectivity index (χ4n) is 2.90. The standard InChI is InChI=1S/C15H20N2O2.ClH/c18-14-16-12-15(19-14)7-10-17(11-8-15)9-6-13-4-2-1-3-5-13;/h1-5H,6-12H2,(H,16,18);1H. The number of carbonyl (C=O) groups is 1. The van der Waals surface area contributed by atoms with Crippen molar-refractivity contribution in [3.63, 3.8) is 0 Å². The fourth-order valence-corrected chi connectivity index (χ4v) is 2.90. The minimum Gasteiger partial charge on any atom is -0.441 e. The highest BCUT2D eigenvalue weighted by molar-refractivity contribution is 5.85. The van der Waals surface area contributed by atoms with Crippen molar-refractivity contribution in [3.05, 3.63) is 35.9 Å². The number of likely N-dealkylation sites (tertiary alicyclic amines) is 1. The Morgan fingerprint density at radius 1 is 1.20 bits per heavy atom. The lowest BCUT2D eigenvalue weighted by Gasteiger charge is -2.37. The van der Waals surface area contributed by atoms with Crippen LogP contribution in [-0.2, 0) is 11.2 Å². The van der Waals surface area contributed by atoms with Crippen LogP contribution in [0.5, 0.6) is 0 Å². The molecule has 2 heterocycles. The van der Waals surface area contributed by atoms with Crippen molar-refractivity contribution in [3.8, 4) is 0 Å². The maximum absolute atomic E-state index is 11.2. The predicted molar refractivity (Wildman–Crippen MR) is 80.3 cm³/mol. The van der Waals surface area contributed by atoms with Gasteiger partial charge < -0.3 is 15.0 Å². The van der Waals surface area contributed by atoms with Crippen molar-refractivity contribution in [1.29, 1.82) is 0 Å². The molecule has 20 heavy (non-hydrogen) atoms. The van der Waals surface area contributed by atoms with Crippen molar-refractivity contribution < 1.29 is 9.53 Å². The average Bonchev–Trinajstić information content (AvgIpc) is 2.81. The minimum atomic E-state index is -0.252. The lowest BCUT2D eigenvalue weighted by molar-refractivity contribution is 0.00123. The molecule has 1 spiro atoms. The molecule has 4 nitrogen and oxygen atoms in total. The second kappa shape index (κ2) is 6.46. The van der Waals surface area contributed by atoms with Crippen LogP contribution in [0.15, 0.2) is 30.3 Å². The number of carbonyl (C=O) groups excluding carboxylic acids is 1. The Kier molecular flexibility index (Phi) is 4.89. The van der Waals surface area contributed by atoms with E-state index in [2.05, 4.69) is 40.5 Å². The van der Waals surface area contributed by atoms with Gasteiger partial charge in [-0.3, -0.25) is 0 Å². The van der Waals surface area contributed by atoms with Gasteiger partial charge >= 0.3 is 6.09 Å². The number of piperidine rings is 1. The summed E-state index contributed by atoms with van der Waals surface area (Å²) in [5.41, 5.74) is 1.16. The topological polar surface area (TPSA) is 41.6 Å². The van der Waals surface area contributed by atoms with Gasteiger partial charge in [-0.1, -0.05) is 30.3 Å². The van der Waals surface area contributed by atoms with E-state index in [1.54, 1.807) is 0 Å². The highest BCUT2D eigenvalue weighted by Gasteiger charge is 2.42. The number of hydrogen-bond donors (Lipinski definition) is 1. The molecular formula is C15H21ClN2O2. The molecule has 1 amide bonds. The zero-order valence-electron chi connectivity index (χ0n) is 11.5. The van der Waals surface area contributed by atoms with Gasteiger partial charge in [0.25, 0.3) is 0 Å². The molecule has 0 saturated carbocycles.